The van der Waals surface area contributed by atoms with Crippen molar-refractivity contribution >= 4 is 11.6 Å². The van der Waals surface area contributed by atoms with Crippen molar-refractivity contribution in [2.75, 3.05) is 6.54 Å². The van der Waals surface area contributed by atoms with Crippen LogP contribution in [0.5, 0.6) is 0 Å². The minimum atomic E-state index is 0.306. The number of hydrogen-bond donors (Lipinski definition) is 1. The second-order valence-electron chi connectivity index (χ2n) is 4.48. The van der Waals surface area contributed by atoms with E-state index in [2.05, 4.69) is 10.4 Å². The van der Waals surface area contributed by atoms with Crippen molar-refractivity contribution in [3.63, 3.8) is 0 Å². The average molecular weight is 242 g/mol. The molecular formula is C12H20ClN3. The summed E-state index contributed by atoms with van der Waals surface area (Å²) in [6, 6.07) is 2.44. The SMILES string of the molecule is ClC1CCCCCC1NCCn1cccn1. The van der Waals surface area contributed by atoms with Gasteiger partial charge in [-0.25, -0.2) is 0 Å². The maximum absolute atomic E-state index is 6.36. The summed E-state index contributed by atoms with van der Waals surface area (Å²) in [6.45, 7) is 1.88. The molecule has 1 aromatic rings. The molecule has 90 valence electrons. The first-order valence-corrected chi connectivity index (χ1v) is 6.65. The van der Waals surface area contributed by atoms with Gasteiger partial charge in [0, 0.05) is 30.4 Å². The van der Waals surface area contributed by atoms with E-state index in [0.29, 0.717) is 11.4 Å². The van der Waals surface area contributed by atoms with Gasteiger partial charge in [0.1, 0.15) is 0 Å². The third-order valence-electron chi connectivity index (χ3n) is 3.24. The lowest BCUT2D eigenvalue weighted by molar-refractivity contribution is 0.441. The summed E-state index contributed by atoms with van der Waals surface area (Å²) in [5.41, 5.74) is 0. The molecule has 2 unspecified atom stereocenters. The summed E-state index contributed by atoms with van der Waals surface area (Å²) in [7, 11) is 0. The van der Waals surface area contributed by atoms with Gasteiger partial charge in [0.25, 0.3) is 0 Å². The molecule has 2 atom stereocenters. The molecule has 0 spiro atoms. The summed E-state index contributed by atoms with van der Waals surface area (Å²) in [5, 5.41) is 8.04. The Morgan fingerprint density at radius 1 is 1.31 bits per heavy atom. The van der Waals surface area contributed by atoms with E-state index in [4.69, 9.17) is 11.6 Å². The van der Waals surface area contributed by atoms with Crippen LogP contribution in [0.15, 0.2) is 18.5 Å². The minimum absolute atomic E-state index is 0.306. The van der Waals surface area contributed by atoms with Crippen molar-refractivity contribution in [3.05, 3.63) is 18.5 Å². The fourth-order valence-corrected chi connectivity index (χ4v) is 2.66. The van der Waals surface area contributed by atoms with Gasteiger partial charge >= 0.3 is 0 Å². The smallest absolute Gasteiger partial charge is 0.0534 e. The second kappa shape index (κ2) is 6.26. The molecule has 0 aromatic carbocycles. The Bertz CT molecular complexity index is 286. The van der Waals surface area contributed by atoms with Gasteiger partial charge in [-0.2, -0.15) is 5.10 Å². The molecule has 1 fully saturated rings. The van der Waals surface area contributed by atoms with E-state index in [1.807, 2.05) is 23.1 Å². The summed E-state index contributed by atoms with van der Waals surface area (Å²) in [4.78, 5) is 0. The zero-order valence-corrected chi connectivity index (χ0v) is 10.4. The predicted octanol–water partition coefficient (Wildman–Crippen LogP) is 2.41. The molecule has 1 aliphatic carbocycles. The van der Waals surface area contributed by atoms with Gasteiger partial charge in [0.2, 0.25) is 0 Å². The normalized spacial score (nSPS) is 26.6. The molecule has 1 heterocycles. The lowest BCUT2D eigenvalue weighted by Gasteiger charge is -2.21. The van der Waals surface area contributed by atoms with Gasteiger partial charge in [-0.1, -0.05) is 19.3 Å². The van der Waals surface area contributed by atoms with Crippen LogP contribution in [0.4, 0.5) is 0 Å². The first kappa shape index (κ1) is 11.9. The Morgan fingerprint density at radius 2 is 2.19 bits per heavy atom. The second-order valence-corrected chi connectivity index (χ2v) is 5.04. The zero-order chi connectivity index (χ0) is 11.2. The fourth-order valence-electron chi connectivity index (χ4n) is 2.29. The van der Waals surface area contributed by atoms with Gasteiger partial charge in [-0.15, -0.1) is 11.6 Å². The Kier molecular flexibility index (Phi) is 4.67. The predicted molar refractivity (Wildman–Crippen MR) is 66.7 cm³/mol. The Labute approximate surface area is 102 Å². The Morgan fingerprint density at radius 3 is 3.00 bits per heavy atom. The summed E-state index contributed by atoms with van der Waals surface area (Å²) < 4.78 is 1.95. The van der Waals surface area contributed by atoms with E-state index in [1.54, 1.807) is 0 Å². The number of rotatable bonds is 4. The highest BCUT2D eigenvalue weighted by molar-refractivity contribution is 6.21. The van der Waals surface area contributed by atoms with Crippen LogP contribution in [-0.2, 0) is 6.54 Å². The lowest BCUT2D eigenvalue weighted by atomic mass is 10.1. The summed E-state index contributed by atoms with van der Waals surface area (Å²) >= 11 is 6.36. The van der Waals surface area contributed by atoms with Crippen LogP contribution >= 0.6 is 11.6 Å². The van der Waals surface area contributed by atoms with Gasteiger partial charge in [-0.05, 0) is 18.9 Å². The van der Waals surface area contributed by atoms with Gasteiger partial charge in [-0.3, -0.25) is 4.68 Å². The number of nitrogens with one attached hydrogen (secondary N) is 1. The first-order valence-electron chi connectivity index (χ1n) is 6.21. The van der Waals surface area contributed by atoms with E-state index in [1.165, 1.54) is 25.7 Å². The quantitative estimate of drug-likeness (QED) is 0.648. The van der Waals surface area contributed by atoms with Crippen molar-refractivity contribution in [1.29, 1.82) is 0 Å². The van der Waals surface area contributed by atoms with Crippen LogP contribution in [0.2, 0.25) is 0 Å². The molecule has 1 aromatic heterocycles. The van der Waals surface area contributed by atoms with E-state index in [-0.39, 0.29) is 0 Å². The van der Waals surface area contributed by atoms with E-state index in [0.717, 1.165) is 19.5 Å². The molecule has 3 nitrogen and oxygen atoms in total. The minimum Gasteiger partial charge on any atom is -0.311 e. The molecule has 1 N–H and O–H groups in total. The van der Waals surface area contributed by atoms with E-state index >= 15 is 0 Å². The zero-order valence-electron chi connectivity index (χ0n) is 9.61. The maximum atomic E-state index is 6.36. The highest BCUT2D eigenvalue weighted by Gasteiger charge is 2.20. The number of nitrogens with zero attached hydrogens (tertiary/aromatic N) is 2. The van der Waals surface area contributed by atoms with Crippen LogP contribution < -0.4 is 5.32 Å². The molecule has 2 rings (SSSR count). The fraction of sp³-hybridized carbons (Fsp3) is 0.750. The maximum Gasteiger partial charge on any atom is 0.0534 e. The number of aromatic nitrogens is 2. The topological polar surface area (TPSA) is 29.9 Å². The van der Waals surface area contributed by atoms with Crippen molar-refractivity contribution in [2.45, 2.75) is 50.1 Å². The molecule has 16 heavy (non-hydrogen) atoms. The first-order chi connectivity index (χ1) is 7.86. The largest absolute Gasteiger partial charge is 0.311 e. The average Bonchev–Trinajstić information content (AvgIpc) is 2.71. The molecule has 1 saturated carbocycles. The third-order valence-corrected chi connectivity index (χ3v) is 3.76. The van der Waals surface area contributed by atoms with Crippen LogP contribution in [0, 0.1) is 0 Å². The molecule has 0 radical (unpaired) electrons. The van der Waals surface area contributed by atoms with E-state index in [9.17, 15) is 0 Å². The Balaban J connectivity index is 1.71. The molecule has 4 heteroatoms. The molecule has 0 saturated heterocycles. The number of halogens is 1. The van der Waals surface area contributed by atoms with Crippen LogP contribution in [-0.4, -0.2) is 27.7 Å². The molecule has 0 aliphatic heterocycles. The van der Waals surface area contributed by atoms with Crippen molar-refractivity contribution in [2.24, 2.45) is 0 Å². The van der Waals surface area contributed by atoms with E-state index < -0.39 is 0 Å². The highest BCUT2D eigenvalue weighted by Crippen LogP contribution is 2.22. The lowest BCUT2D eigenvalue weighted by Crippen LogP contribution is -2.38. The van der Waals surface area contributed by atoms with Gasteiger partial charge in [0.05, 0.1) is 6.54 Å². The highest BCUT2D eigenvalue weighted by atomic mass is 35.5. The van der Waals surface area contributed by atoms with Crippen LogP contribution in [0.3, 0.4) is 0 Å². The van der Waals surface area contributed by atoms with Gasteiger partial charge < -0.3 is 5.32 Å². The number of hydrogen-bond acceptors (Lipinski definition) is 2. The Hall–Kier alpha value is -0.540. The van der Waals surface area contributed by atoms with Gasteiger partial charge in [0.15, 0.2) is 0 Å². The monoisotopic (exact) mass is 241 g/mol. The molecular weight excluding hydrogens is 222 g/mol. The van der Waals surface area contributed by atoms with Crippen molar-refractivity contribution < 1.29 is 0 Å². The number of alkyl halides is 1. The molecule has 0 bridgehead atoms. The van der Waals surface area contributed by atoms with Crippen molar-refractivity contribution in [3.8, 4) is 0 Å². The van der Waals surface area contributed by atoms with Crippen LogP contribution in [0.25, 0.3) is 0 Å². The standard InChI is InChI=1S/C12H20ClN3/c13-11-5-2-1-3-6-12(11)14-8-10-16-9-4-7-15-16/h4,7,9,11-12,14H,1-3,5-6,8,10H2. The van der Waals surface area contributed by atoms with Crippen molar-refractivity contribution in [1.82, 2.24) is 15.1 Å². The molecule has 0 amide bonds. The summed E-state index contributed by atoms with van der Waals surface area (Å²) in [5.74, 6) is 0. The summed E-state index contributed by atoms with van der Waals surface area (Å²) in [6.07, 6.45) is 10.1. The molecule has 1 aliphatic rings. The van der Waals surface area contributed by atoms with Crippen LogP contribution in [0.1, 0.15) is 32.1 Å². The third kappa shape index (κ3) is 3.49.